The summed E-state index contributed by atoms with van der Waals surface area (Å²) in [5.74, 6) is 0.567. The molecule has 1 aliphatic rings. The summed E-state index contributed by atoms with van der Waals surface area (Å²) in [5, 5.41) is 2.74. The van der Waals surface area contributed by atoms with Crippen LogP contribution in [0.5, 0.6) is 0 Å². The number of amides is 1. The predicted molar refractivity (Wildman–Crippen MR) is 67.0 cm³/mol. The molecule has 1 fully saturated rings. The van der Waals surface area contributed by atoms with Gasteiger partial charge in [0.05, 0.1) is 0 Å². The van der Waals surface area contributed by atoms with Crippen LogP contribution in [0.4, 0.5) is 5.69 Å². The number of hydrogen-bond donors (Lipinski definition) is 1. The van der Waals surface area contributed by atoms with Gasteiger partial charge in [-0.05, 0) is 36.5 Å². The second kappa shape index (κ2) is 5.35. The molecule has 0 spiro atoms. The van der Waals surface area contributed by atoms with Crippen LogP contribution in [0.3, 0.4) is 0 Å². The number of halogens is 1. The minimum Gasteiger partial charge on any atom is -0.325 e. The first-order valence-electron chi connectivity index (χ1n) is 5.75. The van der Waals surface area contributed by atoms with Crippen molar-refractivity contribution in [1.29, 1.82) is 0 Å². The van der Waals surface area contributed by atoms with Crippen LogP contribution in [0.25, 0.3) is 0 Å². The average Bonchev–Trinajstić information content (AvgIpc) is 2.83. The lowest BCUT2D eigenvalue weighted by atomic mass is 9.98. The van der Waals surface area contributed by atoms with Gasteiger partial charge in [0.2, 0.25) is 5.91 Å². The minimum atomic E-state index is -0.157. The Bertz CT molecular complexity index is 355. The summed E-state index contributed by atoms with van der Waals surface area (Å²) >= 11 is 5.42. The van der Waals surface area contributed by atoms with Gasteiger partial charge in [-0.15, -0.1) is 11.6 Å². The fourth-order valence-corrected chi connectivity index (χ4v) is 2.36. The number of nitrogens with one attached hydrogen (secondary N) is 1. The zero-order valence-electron chi connectivity index (χ0n) is 9.21. The molecule has 0 atom stereocenters. The minimum absolute atomic E-state index is 0.00434. The largest absolute Gasteiger partial charge is 0.325 e. The van der Waals surface area contributed by atoms with Crippen LogP contribution >= 0.6 is 11.6 Å². The monoisotopic (exact) mass is 237 g/mol. The summed E-state index contributed by atoms with van der Waals surface area (Å²) in [5.41, 5.74) is 2.22. The maximum atomic E-state index is 11.1. The van der Waals surface area contributed by atoms with E-state index in [1.165, 1.54) is 31.2 Å². The van der Waals surface area contributed by atoms with Crippen LogP contribution < -0.4 is 5.32 Å². The highest BCUT2D eigenvalue weighted by Gasteiger charge is 2.16. The Hall–Kier alpha value is -1.02. The summed E-state index contributed by atoms with van der Waals surface area (Å²) in [4.78, 5) is 11.1. The number of carbonyl (C=O) groups is 1. The molecule has 1 aromatic carbocycles. The molecule has 86 valence electrons. The van der Waals surface area contributed by atoms with Gasteiger partial charge in [-0.1, -0.05) is 25.0 Å². The van der Waals surface area contributed by atoms with E-state index in [1.807, 2.05) is 12.1 Å². The molecule has 1 aromatic rings. The Morgan fingerprint density at radius 1 is 1.25 bits per heavy atom. The third-order valence-electron chi connectivity index (χ3n) is 3.14. The van der Waals surface area contributed by atoms with Gasteiger partial charge in [0.25, 0.3) is 0 Å². The number of benzene rings is 1. The lowest BCUT2D eigenvalue weighted by molar-refractivity contribution is -0.113. The lowest BCUT2D eigenvalue weighted by Crippen LogP contribution is -2.12. The van der Waals surface area contributed by atoms with Crippen molar-refractivity contribution in [3.05, 3.63) is 29.8 Å². The van der Waals surface area contributed by atoms with Crippen molar-refractivity contribution >= 4 is 23.2 Å². The summed E-state index contributed by atoms with van der Waals surface area (Å²) in [7, 11) is 0. The highest BCUT2D eigenvalue weighted by atomic mass is 35.5. The maximum Gasteiger partial charge on any atom is 0.239 e. The fraction of sp³-hybridized carbons (Fsp3) is 0.462. The average molecular weight is 238 g/mol. The van der Waals surface area contributed by atoms with E-state index < -0.39 is 0 Å². The first-order valence-corrected chi connectivity index (χ1v) is 6.29. The van der Waals surface area contributed by atoms with E-state index in [2.05, 4.69) is 17.4 Å². The Labute approximate surface area is 101 Å². The van der Waals surface area contributed by atoms with Crippen LogP contribution in [-0.4, -0.2) is 11.8 Å². The summed E-state index contributed by atoms with van der Waals surface area (Å²) in [6.07, 6.45) is 5.28. The van der Waals surface area contributed by atoms with Gasteiger partial charge >= 0.3 is 0 Å². The van der Waals surface area contributed by atoms with Gasteiger partial charge in [-0.2, -0.15) is 0 Å². The standard InChI is InChI=1S/C13H16ClNO/c14-9-13(16)15-12-7-5-11(6-8-12)10-3-1-2-4-10/h5-8,10H,1-4,9H2,(H,15,16). The van der Waals surface area contributed by atoms with Crippen LogP contribution in [0, 0.1) is 0 Å². The molecule has 1 N–H and O–H groups in total. The zero-order chi connectivity index (χ0) is 11.4. The third kappa shape index (κ3) is 2.76. The Balaban J connectivity index is 2.01. The first-order chi connectivity index (χ1) is 7.79. The summed E-state index contributed by atoms with van der Waals surface area (Å²) < 4.78 is 0. The predicted octanol–water partition coefficient (Wildman–Crippen LogP) is 3.52. The second-order valence-electron chi connectivity index (χ2n) is 4.29. The topological polar surface area (TPSA) is 29.1 Å². The molecule has 0 radical (unpaired) electrons. The molecule has 16 heavy (non-hydrogen) atoms. The molecule has 1 amide bonds. The van der Waals surface area contributed by atoms with Gasteiger partial charge in [-0.25, -0.2) is 0 Å². The smallest absolute Gasteiger partial charge is 0.239 e. The molecule has 0 bridgehead atoms. The van der Waals surface area contributed by atoms with Crippen molar-refractivity contribution in [2.24, 2.45) is 0 Å². The van der Waals surface area contributed by atoms with E-state index in [1.54, 1.807) is 0 Å². The van der Waals surface area contributed by atoms with Crippen molar-refractivity contribution < 1.29 is 4.79 Å². The Kier molecular flexibility index (Phi) is 3.83. The van der Waals surface area contributed by atoms with Gasteiger partial charge in [0.15, 0.2) is 0 Å². The van der Waals surface area contributed by atoms with E-state index >= 15 is 0 Å². The van der Waals surface area contributed by atoms with Crippen molar-refractivity contribution in [3.63, 3.8) is 0 Å². The SMILES string of the molecule is O=C(CCl)Nc1ccc(C2CCCC2)cc1. The van der Waals surface area contributed by atoms with Gasteiger partial charge in [0, 0.05) is 5.69 Å². The molecule has 0 unspecified atom stereocenters. The third-order valence-corrected chi connectivity index (χ3v) is 3.39. The van der Waals surface area contributed by atoms with Crippen molar-refractivity contribution in [2.45, 2.75) is 31.6 Å². The molecule has 0 saturated heterocycles. The van der Waals surface area contributed by atoms with Crippen molar-refractivity contribution in [2.75, 3.05) is 11.2 Å². The molecule has 3 heteroatoms. The quantitative estimate of drug-likeness (QED) is 0.801. The van der Waals surface area contributed by atoms with E-state index in [9.17, 15) is 4.79 Å². The summed E-state index contributed by atoms with van der Waals surface area (Å²) in [6, 6.07) is 8.13. The van der Waals surface area contributed by atoms with Crippen LogP contribution in [0.1, 0.15) is 37.2 Å². The Morgan fingerprint density at radius 3 is 2.44 bits per heavy atom. The maximum absolute atomic E-state index is 11.1. The first kappa shape index (κ1) is 11.5. The molecule has 1 aliphatic carbocycles. The number of carbonyl (C=O) groups excluding carboxylic acids is 1. The molecule has 2 rings (SSSR count). The lowest BCUT2D eigenvalue weighted by Gasteiger charge is -2.10. The molecule has 2 nitrogen and oxygen atoms in total. The summed E-state index contributed by atoms with van der Waals surface area (Å²) in [6.45, 7) is 0. The van der Waals surface area contributed by atoms with Crippen molar-refractivity contribution in [3.8, 4) is 0 Å². The Morgan fingerprint density at radius 2 is 1.88 bits per heavy atom. The van der Waals surface area contributed by atoms with Crippen LogP contribution in [0.15, 0.2) is 24.3 Å². The van der Waals surface area contributed by atoms with Gasteiger partial charge in [0.1, 0.15) is 5.88 Å². The highest BCUT2D eigenvalue weighted by molar-refractivity contribution is 6.29. The molecular weight excluding hydrogens is 222 g/mol. The van der Waals surface area contributed by atoms with Crippen LogP contribution in [0.2, 0.25) is 0 Å². The molecule has 0 aromatic heterocycles. The number of rotatable bonds is 3. The molecular formula is C13H16ClNO. The van der Waals surface area contributed by atoms with Gasteiger partial charge in [-0.3, -0.25) is 4.79 Å². The van der Waals surface area contributed by atoms with Crippen LogP contribution in [-0.2, 0) is 4.79 Å². The van der Waals surface area contributed by atoms with E-state index in [4.69, 9.17) is 11.6 Å². The normalized spacial score (nSPS) is 16.3. The second-order valence-corrected chi connectivity index (χ2v) is 4.55. The van der Waals surface area contributed by atoms with E-state index in [0.29, 0.717) is 0 Å². The molecule has 0 aliphatic heterocycles. The molecule has 1 saturated carbocycles. The van der Waals surface area contributed by atoms with Crippen molar-refractivity contribution in [1.82, 2.24) is 0 Å². The fourth-order valence-electron chi connectivity index (χ4n) is 2.29. The number of alkyl halides is 1. The highest BCUT2D eigenvalue weighted by Crippen LogP contribution is 2.34. The van der Waals surface area contributed by atoms with Gasteiger partial charge < -0.3 is 5.32 Å². The number of anilines is 1. The number of hydrogen-bond acceptors (Lipinski definition) is 1. The zero-order valence-corrected chi connectivity index (χ0v) is 9.96. The van der Waals surface area contributed by atoms with E-state index in [-0.39, 0.29) is 11.8 Å². The molecule has 0 heterocycles. The van der Waals surface area contributed by atoms with E-state index in [0.717, 1.165) is 11.6 Å².